The van der Waals surface area contributed by atoms with Crippen molar-refractivity contribution in [2.75, 3.05) is 0 Å². The summed E-state index contributed by atoms with van der Waals surface area (Å²) >= 11 is 1.71. The molecule has 2 aromatic carbocycles. The van der Waals surface area contributed by atoms with Crippen molar-refractivity contribution < 1.29 is 4.74 Å². The fourth-order valence-electron chi connectivity index (χ4n) is 2.90. The highest BCUT2D eigenvalue weighted by Crippen LogP contribution is 2.41. The second-order valence-electron chi connectivity index (χ2n) is 6.10. The van der Waals surface area contributed by atoms with E-state index in [0.717, 1.165) is 17.3 Å². The number of thiazole rings is 1. The SMILES string of the molecule is c1ccc(COc2ccc([C@@H]3C[C@H]3NCc3nccs3)cc2)cc1. The van der Waals surface area contributed by atoms with E-state index >= 15 is 0 Å². The average Bonchev–Trinajstić information content (AvgIpc) is 3.23. The molecule has 4 rings (SSSR count). The van der Waals surface area contributed by atoms with Crippen LogP contribution in [-0.2, 0) is 13.2 Å². The molecular weight excluding hydrogens is 316 g/mol. The Labute approximate surface area is 146 Å². The van der Waals surface area contributed by atoms with Crippen LogP contribution in [0.1, 0.15) is 28.5 Å². The van der Waals surface area contributed by atoms with Gasteiger partial charge < -0.3 is 10.1 Å². The van der Waals surface area contributed by atoms with Crippen molar-refractivity contribution in [2.45, 2.75) is 31.5 Å². The van der Waals surface area contributed by atoms with Crippen LogP contribution < -0.4 is 10.1 Å². The number of aromatic nitrogens is 1. The Bertz CT molecular complexity index is 756. The van der Waals surface area contributed by atoms with Crippen molar-refractivity contribution in [3.05, 3.63) is 82.3 Å². The van der Waals surface area contributed by atoms with Crippen LogP contribution in [0, 0.1) is 0 Å². The topological polar surface area (TPSA) is 34.1 Å². The van der Waals surface area contributed by atoms with Gasteiger partial charge in [0.15, 0.2) is 0 Å². The van der Waals surface area contributed by atoms with Crippen LogP contribution in [0.15, 0.2) is 66.2 Å². The van der Waals surface area contributed by atoms with Crippen LogP contribution >= 0.6 is 11.3 Å². The van der Waals surface area contributed by atoms with Gasteiger partial charge in [0.25, 0.3) is 0 Å². The normalized spacial score (nSPS) is 19.2. The molecular formula is C20H20N2OS. The minimum Gasteiger partial charge on any atom is -0.489 e. The summed E-state index contributed by atoms with van der Waals surface area (Å²) in [7, 11) is 0. The molecule has 1 saturated carbocycles. The third-order valence-corrected chi connectivity index (χ3v) is 5.13. The highest BCUT2D eigenvalue weighted by atomic mass is 32.1. The van der Waals surface area contributed by atoms with E-state index in [2.05, 4.69) is 46.7 Å². The summed E-state index contributed by atoms with van der Waals surface area (Å²) in [4.78, 5) is 4.31. The molecule has 24 heavy (non-hydrogen) atoms. The van der Waals surface area contributed by atoms with E-state index in [1.54, 1.807) is 11.3 Å². The van der Waals surface area contributed by atoms with Gasteiger partial charge in [-0.1, -0.05) is 42.5 Å². The lowest BCUT2D eigenvalue weighted by Crippen LogP contribution is -2.17. The number of benzene rings is 2. The van der Waals surface area contributed by atoms with E-state index in [4.69, 9.17) is 4.74 Å². The zero-order chi connectivity index (χ0) is 16.2. The molecule has 3 nitrogen and oxygen atoms in total. The molecule has 1 N–H and O–H groups in total. The molecule has 0 saturated heterocycles. The van der Waals surface area contributed by atoms with E-state index in [0.29, 0.717) is 18.6 Å². The predicted octanol–water partition coefficient (Wildman–Crippen LogP) is 4.37. The highest BCUT2D eigenvalue weighted by molar-refractivity contribution is 7.09. The van der Waals surface area contributed by atoms with Gasteiger partial charge in [-0.05, 0) is 29.7 Å². The van der Waals surface area contributed by atoms with E-state index < -0.39 is 0 Å². The van der Waals surface area contributed by atoms with Gasteiger partial charge in [0.2, 0.25) is 0 Å². The standard InChI is InChI=1S/C20H20N2OS/c1-2-4-15(5-3-1)14-23-17-8-6-16(7-9-17)18-12-19(18)22-13-20-21-10-11-24-20/h1-11,18-19,22H,12-14H2/t18-,19+/m0/s1. The summed E-state index contributed by atoms with van der Waals surface area (Å²) in [5.74, 6) is 1.55. The van der Waals surface area contributed by atoms with Gasteiger partial charge in [0.1, 0.15) is 17.4 Å². The smallest absolute Gasteiger partial charge is 0.119 e. The zero-order valence-corrected chi connectivity index (χ0v) is 14.2. The van der Waals surface area contributed by atoms with Crippen molar-refractivity contribution >= 4 is 11.3 Å². The molecule has 2 atom stereocenters. The Hall–Kier alpha value is -2.17. The van der Waals surface area contributed by atoms with Gasteiger partial charge in [-0.25, -0.2) is 4.98 Å². The molecule has 0 unspecified atom stereocenters. The molecule has 4 heteroatoms. The number of nitrogens with one attached hydrogen (secondary N) is 1. The maximum atomic E-state index is 5.85. The lowest BCUT2D eigenvalue weighted by atomic mass is 10.1. The summed E-state index contributed by atoms with van der Waals surface area (Å²) in [6, 6.07) is 19.4. The van der Waals surface area contributed by atoms with E-state index in [1.807, 2.05) is 29.8 Å². The first-order valence-electron chi connectivity index (χ1n) is 8.27. The van der Waals surface area contributed by atoms with Gasteiger partial charge in [0, 0.05) is 30.1 Å². The van der Waals surface area contributed by atoms with Gasteiger partial charge in [-0.2, -0.15) is 0 Å². The largest absolute Gasteiger partial charge is 0.489 e. The Morgan fingerprint density at radius 2 is 1.92 bits per heavy atom. The van der Waals surface area contributed by atoms with Gasteiger partial charge in [-0.15, -0.1) is 11.3 Å². The lowest BCUT2D eigenvalue weighted by molar-refractivity contribution is 0.306. The lowest BCUT2D eigenvalue weighted by Gasteiger charge is -2.07. The molecule has 122 valence electrons. The Morgan fingerprint density at radius 3 is 2.67 bits per heavy atom. The second-order valence-corrected chi connectivity index (χ2v) is 7.08. The highest BCUT2D eigenvalue weighted by Gasteiger charge is 2.37. The molecule has 1 aliphatic carbocycles. The van der Waals surface area contributed by atoms with Crippen LogP contribution in [0.3, 0.4) is 0 Å². The molecule has 0 bridgehead atoms. The van der Waals surface area contributed by atoms with Crippen molar-refractivity contribution in [1.29, 1.82) is 0 Å². The van der Waals surface area contributed by atoms with Crippen LogP contribution in [0.2, 0.25) is 0 Å². The van der Waals surface area contributed by atoms with Gasteiger partial charge in [0.05, 0.1) is 0 Å². The van der Waals surface area contributed by atoms with E-state index in [9.17, 15) is 0 Å². The number of nitrogens with zero attached hydrogens (tertiary/aromatic N) is 1. The monoisotopic (exact) mass is 336 g/mol. The van der Waals surface area contributed by atoms with E-state index in [-0.39, 0.29) is 0 Å². The Balaban J connectivity index is 1.27. The Morgan fingerprint density at radius 1 is 1.08 bits per heavy atom. The molecule has 1 fully saturated rings. The minimum absolute atomic E-state index is 0.574. The summed E-state index contributed by atoms with van der Waals surface area (Å²) < 4.78 is 5.85. The third kappa shape index (κ3) is 3.83. The first-order valence-corrected chi connectivity index (χ1v) is 9.15. The number of rotatable bonds is 7. The molecule has 1 heterocycles. The first-order chi connectivity index (χ1) is 11.9. The van der Waals surface area contributed by atoms with Crippen LogP contribution in [0.4, 0.5) is 0 Å². The van der Waals surface area contributed by atoms with Crippen molar-refractivity contribution in [3.8, 4) is 5.75 Å². The van der Waals surface area contributed by atoms with Crippen LogP contribution in [0.25, 0.3) is 0 Å². The summed E-state index contributed by atoms with van der Waals surface area (Å²) in [6.07, 6.45) is 3.07. The Kier molecular flexibility index (Phi) is 4.58. The molecule has 1 aliphatic rings. The fraction of sp³-hybridized carbons (Fsp3) is 0.250. The zero-order valence-electron chi connectivity index (χ0n) is 13.4. The number of ether oxygens (including phenoxy) is 1. The molecule has 3 aromatic rings. The molecule has 0 radical (unpaired) electrons. The van der Waals surface area contributed by atoms with Crippen molar-refractivity contribution in [1.82, 2.24) is 10.3 Å². The number of hydrogen-bond donors (Lipinski definition) is 1. The van der Waals surface area contributed by atoms with Gasteiger partial charge >= 0.3 is 0 Å². The number of hydrogen-bond acceptors (Lipinski definition) is 4. The summed E-state index contributed by atoms with van der Waals surface area (Å²) in [6.45, 7) is 1.48. The van der Waals surface area contributed by atoms with Crippen LogP contribution in [-0.4, -0.2) is 11.0 Å². The minimum atomic E-state index is 0.574. The van der Waals surface area contributed by atoms with Gasteiger partial charge in [-0.3, -0.25) is 0 Å². The molecule has 0 aliphatic heterocycles. The maximum Gasteiger partial charge on any atom is 0.119 e. The predicted molar refractivity (Wildman–Crippen MR) is 97.3 cm³/mol. The molecule has 0 spiro atoms. The summed E-state index contributed by atoms with van der Waals surface area (Å²) in [5.41, 5.74) is 2.58. The maximum absolute atomic E-state index is 5.85. The molecule has 1 aromatic heterocycles. The summed E-state index contributed by atoms with van der Waals surface area (Å²) in [5, 5.41) is 6.77. The van der Waals surface area contributed by atoms with Crippen molar-refractivity contribution in [2.24, 2.45) is 0 Å². The quantitative estimate of drug-likeness (QED) is 0.696. The molecule has 0 amide bonds. The van der Waals surface area contributed by atoms with Crippen LogP contribution in [0.5, 0.6) is 5.75 Å². The van der Waals surface area contributed by atoms with Crippen molar-refractivity contribution in [3.63, 3.8) is 0 Å². The average molecular weight is 336 g/mol. The second kappa shape index (κ2) is 7.16. The third-order valence-electron chi connectivity index (χ3n) is 4.35. The fourth-order valence-corrected chi connectivity index (χ4v) is 3.47. The first kappa shape index (κ1) is 15.4. The van der Waals surface area contributed by atoms with E-state index in [1.165, 1.54) is 17.5 Å².